The normalized spacial score (nSPS) is 14.5. The highest BCUT2D eigenvalue weighted by Crippen LogP contribution is 2.16. The SMILES string of the molecule is COc1cccc(CNC(Cc2ccccc2)C(C)(O)NC=O)c1. The molecule has 0 spiro atoms. The summed E-state index contributed by atoms with van der Waals surface area (Å²) in [5.74, 6) is 0.784. The highest BCUT2D eigenvalue weighted by molar-refractivity contribution is 5.47. The van der Waals surface area contributed by atoms with Crippen molar-refractivity contribution in [2.75, 3.05) is 7.11 Å². The number of nitrogens with one attached hydrogen (secondary N) is 2. The Bertz CT molecular complexity index is 644. The van der Waals surface area contributed by atoms with Crippen molar-refractivity contribution >= 4 is 6.41 Å². The third-order valence-electron chi connectivity index (χ3n) is 4.00. The first kappa shape index (κ1) is 18.0. The van der Waals surface area contributed by atoms with Crippen molar-refractivity contribution in [1.29, 1.82) is 0 Å². The van der Waals surface area contributed by atoms with Crippen LogP contribution in [0.4, 0.5) is 0 Å². The first-order chi connectivity index (χ1) is 11.5. The molecule has 2 aromatic rings. The summed E-state index contributed by atoms with van der Waals surface area (Å²) in [6, 6.07) is 17.2. The van der Waals surface area contributed by atoms with E-state index in [4.69, 9.17) is 4.74 Å². The van der Waals surface area contributed by atoms with Crippen molar-refractivity contribution in [3.05, 3.63) is 65.7 Å². The van der Waals surface area contributed by atoms with E-state index in [1.54, 1.807) is 14.0 Å². The van der Waals surface area contributed by atoms with Crippen LogP contribution in [0.15, 0.2) is 54.6 Å². The summed E-state index contributed by atoms with van der Waals surface area (Å²) in [5, 5.41) is 16.4. The maximum atomic E-state index is 10.8. The van der Waals surface area contributed by atoms with E-state index in [9.17, 15) is 9.90 Å². The molecule has 2 unspecified atom stereocenters. The fourth-order valence-electron chi connectivity index (χ4n) is 2.56. The molecule has 128 valence electrons. The molecule has 0 aliphatic carbocycles. The molecule has 0 bridgehead atoms. The van der Waals surface area contributed by atoms with Gasteiger partial charge in [0.1, 0.15) is 11.5 Å². The molecule has 2 rings (SSSR count). The summed E-state index contributed by atoms with van der Waals surface area (Å²) < 4.78 is 5.23. The summed E-state index contributed by atoms with van der Waals surface area (Å²) in [4.78, 5) is 10.8. The second-order valence-corrected chi connectivity index (χ2v) is 5.88. The predicted molar refractivity (Wildman–Crippen MR) is 93.6 cm³/mol. The quantitative estimate of drug-likeness (QED) is 0.485. The molecule has 2 aromatic carbocycles. The summed E-state index contributed by atoms with van der Waals surface area (Å²) in [7, 11) is 1.63. The zero-order valence-electron chi connectivity index (χ0n) is 14.0. The second-order valence-electron chi connectivity index (χ2n) is 5.88. The summed E-state index contributed by atoms with van der Waals surface area (Å²) in [6.07, 6.45) is 1.10. The minimum Gasteiger partial charge on any atom is -0.497 e. The molecule has 0 heterocycles. The molecule has 0 fully saturated rings. The maximum absolute atomic E-state index is 10.8. The summed E-state index contributed by atoms with van der Waals surface area (Å²) in [6.45, 7) is 2.14. The van der Waals surface area contributed by atoms with Crippen LogP contribution in [0.3, 0.4) is 0 Å². The predicted octanol–water partition coefficient (Wildman–Crippen LogP) is 1.85. The molecule has 24 heavy (non-hydrogen) atoms. The number of rotatable bonds is 9. The second kappa shape index (κ2) is 8.47. The molecular formula is C19H24N2O3. The Morgan fingerprint density at radius 2 is 1.88 bits per heavy atom. The molecule has 0 radical (unpaired) electrons. The number of methoxy groups -OCH3 is 1. The Kier molecular flexibility index (Phi) is 6.35. The zero-order chi connectivity index (χ0) is 17.4. The van der Waals surface area contributed by atoms with Crippen molar-refractivity contribution in [2.45, 2.75) is 31.7 Å². The number of carbonyl (C=O) groups excluding carboxylic acids is 1. The standard InChI is InChI=1S/C19H24N2O3/c1-19(23,21-14-22)18(12-15-7-4-3-5-8-15)20-13-16-9-6-10-17(11-16)24-2/h3-11,14,18,20,23H,12-13H2,1-2H3,(H,21,22). The van der Waals surface area contributed by atoms with Crippen LogP contribution in [-0.4, -0.2) is 30.4 Å². The van der Waals surface area contributed by atoms with Gasteiger partial charge in [0.05, 0.1) is 13.2 Å². The van der Waals surface area contributed by atoms with Gasteiger partial charge in [0.2, 0.25) is 6.41 Å². The van der Waals surface area contributed by atoms with E-state index in [0.717, 1.165) is 16.9 Å². The van der Waals surface area contributed by atoms with Gasteiger partial charge in [0, 0.05) is 6.54 Å². The van der Waals surface area contributed by atoms with Gasteiger partial charge in [-0.3, -0.25) is 4.79 Å². The number of hydrogen-bond acceptors (Lipinski definition) is 4. The van der Waals surface area contributed by atoms with E-state index in [1.165, 1.54) is 0 Å². The minimum atomic E-state index is -1.36. The largest absolute Gasteiger partial charge is 0.497 e. The summed E-state index contributed by atoms with van der Waals surface area (Å²) >= 11 is 0. The Morgan fingerprint density at radius 1 is 1.17 bits per heavy atom. The molecule has 0 aliphatic heterocycles. The maximum Gasteiger partial charge on any atom is 0.209 e. The lowest BCUT2D eigenvalue weighted by molar-refractivity contribution is -0.117. The van der Waals surface area contributed by atoms with E-state index < -0.39 is 5.72 Å². The van der Waals surface area contributed by atoms with Crippen LogP contribution in [-0.2, 0) is 17.8 Å². The van der Waals surface area contributed by atoms with Gasteiger partial charge in [-0.1, -0.05) is 42.5 Å². The molecule has 3 N–H and O–H groups in total. The van der Waals surface area contributed by atoms with Gasteiger partial charge in [-0.05, 0) is 36.6 Å². The molecular weight excluding hydrogens is 304 g/mol. The van der Waals surface area contributed by atoms with Gasteiger partial charge in [0.15, 0.2) is 0 Å². The Labute approximate surface area is 142 Å². The first-order valence-electron chi connectivity index (χ1n) is 7.89. The average molecular weight is 328 g/mol. The van der Waals surface area contributed by atoms with Crippen LogP contribution in [0, 0.1) is 0 Å². The van der Waals surface area contributed by atoms with E-state index >= 15 is 0 Å². The average Bonchev–Trinajstić information content (AvgIpc) is 2.59. The third kappa shape index (κ3) is 5.08. The lowest BCUT2D eigenvalue weighted by Crippen LogP contribution is -2.58. The molecule has 1 amide bonds. The zero-order valence-corrected chi connectivity index (χ0v) is 14.0. The first-order valence-corrected chi connectivity index (χ1v) is 7.89. The van der Waals surface area contributed by atoms with E-state index in [1.807, 2.05) is 54.6 Å². The van der Waals surface area contributed by atoms with Gasteiger partial charge in [-0.2, -0.15) is 0 Å². The molecule has 0 saturated carbocycles. The Morgan fingerprint density at radius 3 is 2.54 bits per heavy atom. The highest BCUT2D eigenvalue weighted by Gasteiger charge is 2.31. The Balaban J connectivity index is 2.11. The van der Waals surface area contributed by atoms with Crippen LogP contribution in [0.5, 0.6) is 5.75 Å². The van der Waals surface area contributed by atoms with Crippen molar-refractivity contribution in [1.82, 2.24) is 10.6 Å². The van der Waals surface area contributed by atoms with Gasteiger partial charge in [-0.25, -0.2) is 0 Å². The van der Waals surface area contributed by atoms with Crippen molar-refractivity contribution in [2.24, 2.45) is 0 Å². The van der Waals surface area contributed by atoms with Crippen LogP contribution in [0.2, 0.25) is 0 Å². The van der Waals surface area contributed by atoms with Crippen LogP contribution < -0.4 is 15.4 Å². The molecule has 2 atom stereocenters. The Hall–Kier alpha value is -2.37. The highest BCUT2D eigenvalue weighted by atomic mass is 16.5. The number of ether oxygens (including phenoxy) is 1. The van der Waals surface area contributed by atoms with Crippen molar-refractivity contribution in [3.8, 4) is 5.75 Å². The smallest absolute Gasteiger partial charge is 0.209 e. The molecule has 0 aliphatic rings. The van der Waals surface area contributed by atoms with Crippen LogP contribution in [0.1, 0.15) is 18.1 Å². The van der Waals surface area contributed by atoms with Gasteiger partial charge in [-0.15, -0.1) is 0 Å². The number of benzene rings is 2. The fourth-order valence-corrected chi connectivity index (χ4v) is 2.56. The number of hydrogen-bond donors (Lipinski definition) is 3. The minimum absolute atomic E-state index is 0.351. The van der Waals surface area contributed by atoms with Crippen molar-refractivity contribution < 1.29 is 14.6 Å². The molecule has 5 heteroatoms. The summed E-state index contributed by atoms with van der Waals surface area (Å²) in [5.41, 5.74) is 0.749. The van der Waals surface area contributed by atoms with Crippen LogP contribution >= 0.6 is 0 Å². The molecule has 0 aromatic heterocycles. The number of amides is 1. The monoisotopic (exact) mass is 328 g/mol. The lowest BCUT2D eigenvalue weighted by atomic mass is 9.97. The van der Waals surface area contributed by atoms with E-state index in [-0.39, 0.29) is 6.04 Å². The number of carbonyl (C=O) groups is 1. The third-order valence-corrected chi connectivity index (χ3v) is 4.00. The topological polar surface area (TPSA) is 70.6 Å². The molecule has 5 nitrogen and oxygen atoms in total. The molecule has 0 saturated heterocycles. The van der Waals surface area contributed by atoms with Crippen molar-refractivity contribution in [3.63, 3.8) is 0 Å². The van der Waals surface area contributed by atoms with Gasteiger partial charge >= 0.3 is 0 Å². The van der Waals surface area contributed by atoms with Gasteiger partial charge in [0.25, 0.3) is 0 Å². The number of aliphatic hydroxyl groups is 1. The lowest BCUT2D eigenvalue weighted by Gasteiger charge is -2.33. The van der Waals surface area contributed by atoms with Crippen LogP contribution in [0.25, 0.3) is 0 Å². The van der Waals surface area contributed by atoms with E-state index in [2.05, 4.69) is 10.6 Å². The van der Waals surface area contributed by atoms with E-state index in [0.29, 0.717) is 19.4 Å². The van der Waals surface area contributed by atoms with Gasteiger partial charge < -0.3 is 20.5 Å². The fraction of sp³-hybridized carbons (Fsp3) is 0.316.